The summed E-state index contributed by atoms with van der Waals surface area (Å²) in [7, 11) is 0. The van der Waals surface area contributed by atoms with Crippen LogP contribution < -0.4 is 16.0 Å². The van der Waals surface area contributed by atoms with Crippen LogP contribution in [0.1, 0.15) is 33.6 Å². The summed E-state index contributed by atoms with van der Waals surface area (Å²) in [6, 6.07) is 3.72. The molecule has 0 aromatic carbocycles. The highest BCUT2D eigenvalue weighted by Gasteiger charge is 2.23. The average molecular weight is 306 g/mol. The minimum Gasteiger partial charge on any atom is -0.444 e. The first kappa shape index (κ1) is 16.4. The van der Waals surface area contributed by atoms with E-state index in [1.54, 1.807) is 6.20 Å². The molecule has 1 saturated heterocycles. The van der Waals surface area contributed by atoms with Crippen LogP contribution in [0.5, 0.6) is 0 Å². The first-order valence-corrected chi connectivity index (χ1v) is 7.77. The second-order valence-corrected chi connectivity index (χ2v) is 6.73. The van der Waals surface area contributed by atoms with Gasteiger partial charge in [0.2, 0.25) is 0 Å². The van der Waals surface area contributed by atoms with Crippen molar-refractivity contribution in [1.29, 1.82) is 0 Å². The number of piperidine rings is 1. The largest absolute Gasteiger partial charge is 0.444 e. The zero-order chi connectivity index (χ0) is 16.2. The number of amides is 1. The predicted octanol–water partition coefficient (Wildman–Crippen LogP) is 2.40. The van der Waals surface area contributed by atoms with Crippen LogP contribution in [-0.2, 0) is 4.74 Å². The number of hydrogen-bond acceptors (Lipinski definition) is 5. The lowest BCUT2D eigenvalue weighted by Crippen LogP contribution is -2.40. The number of nitrogens with two attached hydrogens (primary N) is 1. The molecule has 0 saturated carbocycles. The molecule has 1 fully saturated rings. The number of carbonyl (C=O) groups excluding carboxylic acids is 1. The number of anilines is 2. The van der Waals surface area contributed by atoms with Crippen LogP contribution in [-0.4, -0.2) is 36.3 Å². The highest BCUT2D eigenvalue weighted by atomic mass is 16.6. The summed E-state index contributed by atoms with van der Waals surface area (Å²) in [5, 5.41) is 2.85. The Bertz CT molecular complexity index is 505. The molecular weight excluding hydrogens is 280 g/mol. The third kappa shape index (κ3) is 4.79. The van der Waals surface area contributed by atoms with Gasteiger partial charge in [-0.05, 0) is 51.7 Å². The SMILES string of the molecule is CC(C)(C)OC(=O)NCC1CCN(c2ncccc2N)CC1. The van der Waals surface area contributed by atoms with E-state index in [9.17, 15) is 4.79 Å². The van der Waals surface area contributed by atoms with E-state index in [1.165, 1.54) is 0 Å². The monoisotopic (exact) mass is 306 g/mol. The van der Waals surface area contributed by atoms with E-state index < -0.39 is 5.60 Å². The van der Waals surface area contributed by atoms with Crippen LogP contribution >= 0.6 is 0 Å². The van der Waals surface area contributed by atoms with Gasteiger partial charge >= 0.3 is 6.09 Å². The van der Waals surface area contributed by atoms with Crippen molar-refractivity contribution in [3.63, 3.8) is 0 Å². The molecule has 6 heteroatoms. The molecule has 2 heterocycles. The van der Waals surface area contributed by atoms with E-state index in [-0.39, 0.29) is 6.09 Å². The van der Waals surface area contributed by atoms with Crippen molar-refractivity contribution >= 4 is 17.6 Å². The number of pyridine rings is 1. The summed E-state index contributed by atoms with van der Waals surface area (Å²) in [5.41, 5.74) is 6.23. The number of carbonyl (C=O) groups is 1. The van der Waals surface area contributed by atoms with E-state index >= 15 is 0 Å². The molecule has 1 aliphatic heterocycles. The Balaban J connectivity index is 1.76. The molecule has 0 bridgehead atoms. The van der Waals surface area contributed by atoms with Gasteiger partial charge < -0.3 is 20.7 Å². The van der Waals surface area contributed by atoms with Gasteiger partial charge in [-0.1, -0.05) is 0 Å². The van der Waals surface area contributed by atoms with Crippen LogP contribution in [0.25, 0.3) is 0 Å². The predicted molar refractivity (Wildman–Crippen MR) is 87.8 cm³/mol. The van der Waals surface area contributed by atoms with Crippen molar-refractivity contribution in [3.8, 4) is 0 Å². The maximum atomic E-state index is 11.7. The molecular formula is C16H26N4O2. The van der Waals surface area contributed by atoms with Crippen LogP contribution in [0.15, 0.2) is 18.3 Å². The second-order valence-electron chi connectivity index (χ2n) is 6.73. The van der Waals surface area contributed by atoms with Gasteiger partial charge in [-0.2, -0.15) is 0 Å². The molecule has 122 valence electrons. The van der Waals surface area contributed by atoms with Gasteiger partial charge in [-0.15, -0.1) is 0 Å². The van der Waals surface area contributed by atoms with Crippen LogP contribution in [0.2, 0.25) is 0 Å². The maximum absolute atomic E-state index is 11.7. The average Bonchev–Trinajstić information content (AvgIpc) is 2.45. The Labute approximate surface area is 132 Å². The molecule has 22 heavy (non-hydrogen) atoms. The first-order valence-electron chi connectivity index (χ1n) is 7.77. The Morgan fingerprint density at radius 1 is 1.45 bits per heavy atom. The summed E-state index contributed by atoms with van der Waals surface area (Å²) in [6.45, 7) is 8.05. The number of alkyl carbamates (subject to hydrolysis) is 1. The van der Waals surface area contributed by atoms with E-state index in [1.807, 2.05) is 32.9 Å². The molecule has 0 atom stereocenters. The Kier molecular flexibility index (Phi) is 5.11. The van der Waals surface area contributed by atoms with Crippen molar-refractivity contribution in [2.45, 2.75) is 39.2 Å². The first-order chi connectivity index (χ1) is 10.3. The molecule has 0 aliphatic carbocycles. The van der Waals surface area contributed by atoms with Gasteiger partial charge in [0.1, 0.15) is 5.60 Å². The number of hydrogen-bond donors (Lipinski definition) is 2. The summed E-state index contributed by atoms with van der Waals surface area (Å²) in [5.74, 6) is 1.33. The van der Waals surface area contributed by atoms with Gasteiger partial charge in [0.25, 0.3) is 0 Å². The number of rotatable bonds is 3. The van der Waals surface area contributed by atoms with E-state index in [4.69, 9.17) is 10.5 Å². The summed E-state index contributed by atoms with van der Waals surface area (Å²) >= 11 is 0. The second kappa shape index (κ2) is 6.85. The molecule has 6 nitrogen and oxygen atoms in total. The highest BCUT2D eigenvalue weighted by molar-refractivity contribution is 5.67. The topological polar surface area (TPSA) is 80.5 Å². The molecule has 3 N–H and O–H groups in total. The number of nitrogens with one attached hydrogen (secondary N) is 1. The molecule has 1 amide bonds. The zero-order valence-electron chi connectivity index (χ0n) is 13.6. The van der Waals surface area contributed by atoms with Crippen molar-refractivity contribution in [2.24, 2.45) is 5.92 Å². The maximum Gasteiger partial charge on any atom is 0.407 e. The molecule has 1 aromatic heterocycles. The quantitative estimate of drug-likeness (QED) is 0.896. The van der Waals surface area contributed by atoms with E-state index in [2.05, 4.69) is 15.2 Å². The van der Waals surface area contributed by atoms with Crippen LogP contribution in [0, 0.1) is 5.92 Å². The van der Waals surface area contributed by atoms with Crippen LogP contribution in [0.4, 0.5) is 16.3 Å². The number of ether oxygens (including phenoxy) is 1. The lowest BCUT2D eigenvalue weighted by molar-refractivity contribution is 0.0517. The summed E-state index contributed by atoms with van der Waals surface area (Å²) in [4.78, 5) is 18.2. The fraction of sp³-hybridized carbons (Fsp3) is 0.625. The van der Waals surface area contributed by atoms with Gasteiger partial charge in [-0.3, -0.25) is 0 Å². The lowest BCUT2D eigenvalue weighted by Gasteiger charge is -2.33. The van der Waals surface area contributed by atoms with Gasteiger partial charge in [-0.25, -0.2) is 9.78 Å². The fourth-order valence-electron chi connectivity index (χ4n) is 2.56. The van der Waals surface area contributed by atoms with Crippen molar-refractivity contribution in [3.05, 3.63) is 18.3 Å². The smallest absolute Gasteiger partial charge is 0.407 e. The molecule has 0 radical (unpaired) electrons. The third-order valence-corrected chi connectivity index (χ3v) is 3.66. The highest BCUT2D eigenvalue weighted by Crippen LogP contribution is 2.25. The Morgan fingerprint density at radius 2 is 2.14 bits per heavy atom. The molecule has 2 rings (SSSR count). The van der Waals surface area contributed by atoms with E-state index in [0.29, 0.717) is 18.2 Å². The fourth-order valence-corrected chi connectivity index (χ4v) is 2.56. The third-order valence-electron chi connectivity index (χ3n) is 3.66. The standard InChI is InChI=1S/C16H26N4O2/c1-16(2,3)22-15(21)19-11-12-6-9-20(10-7-12)14-13(17)5-4-8-18-14/h4-5,8,12H,6-7,9-11,17H2,1-3H3,(H,19,21). The Hall–Kier alpha value is -1.98. The molecule has 1 aliphatic rings. The summed E-state index contributed by atoms with van der Waals surface area (Å²) in [6.07, 6.45) is 3.43. The minimum atomic E-state index is -0.454. The number of nitrogen functional groups attached to an aromatic ring is 1. The molecule has 0 spiro atoms. The minimum absolute atomic E-state index is 0.344. The molecule has 0 unspecified atom stereocenters. The van der Waals surface area contributed by atoms with Crippen molar-refractivity contribution in [2.75, 3.05) is 30.3 Å². The van der Waals surface area contributed by atoms with Crippen molar-refractivity contribution in [1.82, 2.24) is 10.3 Å². The van der Waals surface area contributed by atoms with Crippen molar-refractivity contribution < 1.29 is 9.53 Å². The van der Waals surface area contributed by atoms with Gasteiger partial charge in [0, 0.05) is 25.8 Å². The molecule has 1 aromatic rings. The Morgan fingerprint density at radius 3 is 2.73 bits per heavy atom. The number of nitrogens with zero attached hydrogens (tertiary/aromatic N) is 2. The summed E-state index contributed by atoms with van der Waals surface area (Å²) < 4.78 is 5.25. The van der Waals surface area contributed by atoms with Gasteiger partial charge in [0.15, 0.2) is 5.82 Å². The van der Waals surface area contributed by atoms with E-state index in [0.717, 1.165) is 31.7 Å². The van der Waals surface area contributed by atoms with Crippen LogP contribution in [0.3, 0.4) is 0 Å². The van der Waals surface area contributed by atoms with Gasteiger partial charge in [0.05, 0.1) is 5.69 Å². The normalized spacial score (nSPS) is 16.4. The number of aromatic nitrogens is 1. The zero-order valence-corrected chi connectivity index (χ0v) is 13.6. The lowest BCUT2D eigenvalue weighted by atomic mass is 9.97.